The van der Waals surface area contributed by atoms with Crippen molar-refractivity contribution in [1.29, 1.82) is 0 Å². The van der Waals surface area contributed by atoms with E-state index in [-0.39, 0.29) is 11.9 Å². The topological polar surface area (TPSA) is 47.7 Å². The highest BCUT2D eigenvalue weighted by Gasteiger charge is 2.44. The summed E-state index contributed by atoms with van der Waals surface area (Å²) in [4.78, 5) is 2.59. The summed E-state index contributed by atoms with van der Waals surface area (Å²) in [6.45, 7) is 5.17. The first-order chi connectivity index (χ1) is 9.71. The predicted molar refractivity (Wildman–Crippen MR) is 79.5 cm³/mol. The minimum Gasteiger partial charge on any atom is -0.347 e. The van der Waals surface area contributed by atoms with Gasteiger partial charge in [-0.1, -0.05) is 6.92 Å². The van der Waals surface area contributed by atoms with Crippen molar-refractivity contribution in [2.24, 2.45) is 5.73 Å². The summed E-state index contributed by atoms with van der Waals surface area (Å²) in [5.74, 6) is -0.209. The molecule has 116 valence electrons. The van der Waals surface area contributed by atoms with Crippen LogP contribution in [0.25, 0.3) is 0 Å². The molecule has 1 spiro atoms. The number of ether oxygens (including phenoxy) is 2. The van der Waals surface area contributed by atoms with Crippen LogP contribution in [0.1, 0.15) is 58.3 Å². The van der Waals surface area contributed by atoms with Gasteiger partial charge >= 0.3 is 0 Å². The van der Waals surface area contributed by atoms with Crippen LogP contribution < -0.4 is 5.73 Å². The molecule has 4 nitrogen and oxygen atoms in total. The predicted octanol–water partition coefficient (Wildman–Crippen LogP) is 2.26. The van der Waals surface area contributed by atoms with E-state index in [9.17, 15) is 0 Å². The lowest BCUT2D eigenvalue weighted by Gasteiger charge is -2.36. The van der Waals surface area contributed by atoms with Crippen molar-refractivity contribution < 1.29 is 9.47 Å². The van der Waals surface area contributed by atoms with Gasteiger partial charge < -0.3 is 15.2 Å². The van der Waals surface area contributed by atoms with Crippen LogP contribution in [0, 0.1) is 0 Å². The molecular weight excluding hydrogens is 252 g/mol. The van der Waals surface area contributed by atoms with Crippen molar-refractivity contribution in [1.82, 2.24) is 4.90 Å². The maximum atomic E-state index is 6.27. The molecule has 0 amide bonds. The Morgan fingerprint density at radius 2 is 1.85 bits per heavy atom. The van der Waals surface area contributed by atoms with E-state index in [0.717, 1.165) is 32.5 Å². The summed E-state index contributed by atoms with van der Waals surface area (Å²) in [5, 5.41) is 0. The minimum absolute atomic E-state index is 0.209. The maximum absolute atomic E-state index is 6.27. The van der Waals surface area contributed by atoms with Crippen molar-refractivity contribution >= 4 is 0 Å². The van der Waals surface area contributed by atoms with E-state index < -0.39 is 0 Å². The molecule has 1 atom stereocenters. The summed E-state index contributed by atoms with van der Waals surface area (Å²) in [5.41, 5.74) is 6.02. The zero-order valence-electron chi connectivity index (χ0n) is 12.9. The molecule has 0 aromatic rings. The number of nitrogens with two attached hydrogens (primary N) is 1. The van der Waals surface area contributed by atoms with Gasteiger partial charge in [0.25, 0.3) is 0 Å². The Morgan fingerprint density at radius 1 is 1.15 bits per heavy atom. The van der Waals surface area contributed by atoms with Gasteiger partial charge in [-0.25, -0.2) is 0 Å². The second-order valence-corrected chi connectivity index (χ2v) is 6.82. The van der Waals surface area contributed by atoms with Gasteiger partial charge in [0.1, 0.15) is 0 Å². The molecule has 1 aliphatic heterocycles. The second kappa shape index (κ2) is 6.30. The number of rotatable bonds is 4. The molecule has 3 fully saturated rings. The fraction of sp³-hybridized carbons (Fsp3) is 1.00. The fourth-order valence-electron chi connectivity index (χ4n) is 4.15. The molecule has 1 heterocycles. The molecule has 4 heteroatoms. The van der Waals surface area contributed by atoms with E-state index in [0.29, 0.717) is 12.1 Å². The van der Waals surface area contributed by atoms with E-state index in [1.54, 1.807) is 0 Å². The molecule has 2 aliphatic carbocycles. The van der Waals surface area contributed by atoms with Crippen molar-refractivity contribution in [3.63, 3.8) is 0 Å². The van der Waals surface area contributed by atoms with Gasteiger partial charge in [0.2, 0.25) is 0 Å². The largest absolute Gasteiger partial charge is 0.347 e. The van der Waals surface area contributed by atoms with Crippen LogP contribution in [0.3, 0.4) is 0 Å². The monoisotopic (exact) mass is 282 g/mol. The van der Waals surface area contributed by atoms with Gasteiger partial charge in [0.05, 0.1) is 12.7 Å². The summed E-state index contributed by atoms with van der Waals surface area (Å²) >= 11 is 0. The maximum Gasteiger partial charge on any atom is 0.168 e. The molecule has 0 radical (unpaired) electrons. The lowest BCUT2D eigenvalue weighted by atomic mass is 9.90. The number of likely N-dealkylation sites (N-methyl/N-ethyl adjacent to an activating group) is 1. The molecule has 0 aromatic heterocycles. The highest BCUT2D eigenvalue weighted by atomic mass is 16.7. The van der Waals surface area contributed by atoms with Crippen molar-refractivity contribution in [3.8, 4) is 0 Å². The number of hydrogen-bond acceptors (Lipinski definition) is 4. The zero-order chi connectivity index (χ0) is 14.0. The molecular formula is C16H30N2O2. The van der Waals surface area contributed by atoms with E-state index >= 15 is 0 Å². The molecule has 20 heavy (non-hydrogen) atoms. The average Bonchev–Trinajstić information content (AvgIpc) is 3.08. The van der Waals surface area contributed by atoms with Gasteiger partial charge in [-0.05, 0) is 45.1 Å². The first kappa shape index (κ1) is 14.8. The lowest BCUT2D eigenvalue weighted by molar-refractivity contribution is -0.164. The fourth-order valence-corrected chi connectivity index (χ4v) is 4.15. The molecule has 3 rings (SSSR count). The molecule has 3 aliphatic rings. The molecule has 0 aromatic carbocycles. The first-order valence-electron chi connectivity index (χ1n) is 8.52. The Kier molecular flexibility index (Phi) is 4.65. The van der Waals surface area contributed by atoms with E-state index in [4.69, 9.17) is 15.2 Å². The molecule has 2 saturated carbocycles. The average molecular weight is 282 g/mol. The number of nitrogens with zero attached hydrogens (tertiary/aromatic N) is 1. The number of hydrogen-bond donors (Lipinski definition) is 1. The van der Waals surface area contributed by atoms with Gasteiger partial charge in [-0.3, -0.25) is 4.90 Å². The minimum atomic E-state index is -0.209. The molecule has 1 unspecified atom stereocenters. The normalized spacial score (nSPS) is 37.0. The Labute approximate surface area is 123 Å². The molecule has 1 saturated heterocycles. The standard InChI is InChI=1S/C16H30N2O2/c1-2-18(14-7-5-13(17)6-8-14)11-15-12-19-16(20-15)9-3-4-10-16/h13-15H,2-12,17H2,1H3. The zero-order valence-corrected chi connectivity index (χ0v) is 12.9. The summed E-state index contributed by atoms with van der Waals surface area (Å²) in [6.07, 6.45) is 9.79. The quantitative estimate of drug-likeness (QED) is 0.859. The highest BCUT2D eigenvalue weighted by Crippen LogP contribution is 2.39. The Bertz CT molecular complexity index is 310. The van der Waals surface area contributed by atoms with Crippen LogP contribution in [-0.2, 0) is 9.47 Å². The summed E-state index contributed by atoms with van der Waals surface area (Å²) in [7, 11) is 0. The highest BCUT2D eigenvalue weighted by molar-refractivity contribution is 4.87. The van der Waals surface area contributed by atoms with Crippen molar-refractivity contribution in [2.75, 3.05) is 19.7 Å². The Hall–Kier alpha value is -0.160. The smallest absolute Gasteiger partial charge is 0.168 e. The third-order valence-electron chi connectivity index (χ3n) is 5.38. The van der Waals surface area contributed by atoms with E-state index in [1.165, 1.54) is 38.5 Å². The van der Waals surface area contributed by atoms with Crippen LogP contribution in [-0.4, -0.2) is 48.6 Å². The first-order valence-corrected chi connectivity index (χ1v) is 8.52. The van der Waals surface area contributed by atoms with Gasteiger partial charge in [-0.15, -0.1) is 0 Å². The van der Waals surface area contributed by atoms with Crippen LogP contribution >= 0.6 is 0 Å². The summed E-state index contributed by atoms with van der Waals surface area (Å²) in [6, 6.07) is 1.13. The SMILES string of the molecule is CCN(CC1COC2(CCCC2)O1)C1CCC(N)CC1. The van der Waals surface area contributed by atoms with Crippen molar-refractivity contribution in [3.05, 3.63) is 0 Å². The lowest BCUT2D eigenvalue weighted by Crippen LogP contribution is -2.45. The Morgan fingerprint density at radius 3 is 2.50 bits per heavy atom. The van der Waals surface area contributed by atoms with Crippen LogP contribution in [0.5, 0.6) is 0 Å². The van der Waals surface area contributed by atoms with Crippen LogP contribution in [0.2, 0.25) is 0 Å². The third-order valence-corrected chi connectivity index (χ3v) is 5.38. The van der Waals surface area contributed by atoms with Gasteiger partial charge in [0, 0.05) is 31.5 Å². The van der Waals surface area contributed by atoms with Crippen LogP contribution in [0.15, 0.2) is 0 Å². The van der Waals surface area contributed by atoms with Crippen molar-refractivity contribution in [2.45, 2.75) is 82.3 Å². The van der Waals surface area contributed by atoms with Crippen LogP contribution in [0.4, 0.5) is 0 Å². The van der Waals surface area contributed by atoms with E-state index in [2.05, 4.69) is 11.8 Å². The van der Waals surface area contributed by atoms with Gasteiger partial charge in [-0.2, -0.15) is 0 Å². The van der Waals surface area contributed by atoms with E-state index in [1.807, 2.05) is 0 Å². The summed E-state index contributed by atoms with van der Waals surface area (Å²) < 4.78 is 12.3. The second-order valence-electron chi connectivity index (χ2n) is 6.82. The Balaban J connectivity index is 1.51. The molecule has 0 bridgehead atoms. The van der Waals surface area contributed by atoms with Gasteiger partial charge in [0.15, 0.2) is 5.79 Å². The molecule has 2 N–H and O–H groups in total. The third kappa shape index (κ3) is 3.19.